The van der Waals surface area contributed by atoms with Crippen LogP contribution in [0.4, 0.5) is 8.78 Å². The predicted molar refractivity (Wildman–Crippen MR) is 96.6 cm³/mol. The Hall–Kier alpha value is -1.57. The number of hydrogen-bond donors (Lipinski definition) is 0. The average Bonchev–Trinajstić information content (AvgIpc) is 2.80. The Bertz CT molecular complexity index is 845. The van der Waals surface area contributed by atoms with Gasteiger partial charge in [-0.15, -0.1) is 0 Å². The SMILES string of the molecule is CC1CCCCCN1C(=O)c1cc(C2CC(F)(F)C2)n2nc(Br)cc2n1. The first kappa shape index (κ1) is 17.8. The molecule has 0 aromatic carbocycles. The highest BCUT2D eigenvalue weighted by molar-refractivity contribution is 9.10. The number of amides is 1. The minimum Gasteiger partial charge on any atom is -0.335 e. The quantitative estimate of drug-likeness (QED) is 0.714. The van der Waals surface area contributed by atoms with E-state index < -0.39 is 5.92 Å². The van der Waals surface area contributed by atoms with Crippen molar-refractivity contribution >= 4 is 27.5 Å². The Morgan fingerprint density at radius 1 is 1.27 bits per heavy atom. The molecule has 1 unspecified atom stereocenters. The van der Waals surface area contributed by atoms with Gasteiger partial charge in [-0.2, -0.15) is 5.10 Å². The largest absolute Gasteiger partial charge is 0.335 e. The lowest BCUT2D eigenvalue weighted by Crippen LogP contribution is -2.39. The van der Waals surface area contributed by atoms with Crippen LogP contribution < -0.4 is 0 Å². The minimum atomic E-state index is -2.63. The monoisotopic (exact) mass is 426 g/mol. The van der Waals surface area contributed by atoms with E-state index in [2.05, 4.69) is 32.9 Å². The van der Waals surface area contributed by atoms with Gasteiger partial charge in [0.25, 0.3) is 5.91 Å². The summed E-state index contributed by atoms with van der Waals surface area (Å²) in [7, 11) is 0. The Morgan fingerprint density at radius 2 is 2.04 bits per heavy atom. The topological polar surface area (TPSA) is 50.5 Å². The smallest absolute Gasteiger partial charge is 0.272 e. The van der Waals surface area contributed by atoms with E-state index in [-0.39, 0.29) is 30.7 Å². The third-order valence-electron chi connectivity index (χ3n) is 5.47. The Balaban J connectivity index is 1.72. The van der Waals surface area contributed by atoms with E-state index >= 15 is 0 Å². The summed E-state index contributed by atoms with van der Waals surface area (Å²) in [6.07, 6.45) is 3.79. The van der Waals surface area contributed by atoms with Gasteiger partial charge in [0.15, 0.2) is 5.65 Å². The number of fused-ring (bicyclic) bond motifs is 1. The average molecular weight is 427 g/mol. The van der Waals surface area contributed by atoms with Gasteiger partial charge < -0.3 is 4.90 Å². The van der Waals surface area contributed by atoms with Crippen molar-refractivity contribution in [1.82, 2.24) is 19.5 Å². The molecule has 1 saturated heterocycles. The van der Waals surface area contributed by atoms with Crippen LogP contribution >= 0.6 is 15.9 Å². The first-order valence-corrected chi connectivity index (χ1v) is 9.88. The second kappa shape index (κ2) is 6.55. The third kappa shape index (κ3) is 3.23. The fourth-order valence-electron chi connectivity index (χ4n) is 3.96. The van der Waals surface area contributed by atoms with Crippen LogP contribution in [0.2, 0.25) is 0 Å². The van der Waals surface area contributed by atoms with Crippen LogP contribution in [0.25, 0.3) is 5.65 Å². The highest BCUT2D eigenvalue weighted by atomic mass is 79.9. The molecule has 1 atom stereocenters. The molecular weight excluding hydrogens is 406 g/mol. The second-order valence-corrected chi connectivity index (χ2v) is 8.27. The maximum atomic E-state index is 13.4. The summed E-state index contributed by atoms with van der Waals surface area (Å²) in [5.41, 5.74) is 1.47. The van der Waals surface area contributed by atoms with Crippen molar-refractivity contribution in [3.8, 4) is 0 Å². The van der Waals surface area contributed by atoms with Gasteiger partial charge in [-0.05, 0) is 41.8 Å². The second-order valence-electron chi connectivity index (χ2n) is 7.46. The molecule has 0 spiro atoms. The van der Waals surface area contributed by atoms with Crippen molar-refractivity contribution < 1.29 is 13.6 Å². The van der Waals surface area contributed by atoms with Gasteiger partial charge in [-0.3, -0.25) is 4.79 Å². The zero-order valence-electron chi connectivity index (χ0n) is 14.6. The van der Waals surface area contributed by atoms with Gasteiger partial charge in [0.05, 0.1) is 5.69 Å². The standard InChI is InChI=1S/C18H21BrF2N4O/c1-11-5-3-2-4-6-24(11)17(26)13-7-14(12-9-18(20,21)10-12)25-16(22-13)8-15(19)23-25/h7-8,11-12H,2-6,9-10H2,1H3. The summed E-state index contributed by atoms with van der Waals surface area (Å²) < 4.78 is 28.9. The number of carbonyl (C=O) groups is 1. The third-order valence-corrected chi connectivity index (χ3v) is 5.85. The molecule has 1 aliphatic heterocycles. The molecule has 1 aliphatic carbocycles. The first-order chi connectivity index (χ1) is 12.3. The van der Waals surface area contributed by atoms with Crippen molar-refractivity contribution in [2.24, 2.45) is 0 Å². The molecule has 0 bridgehead atoms. The van der Waals surface area contributed by atoms with Crippen molar-refractivity contribution in [3.63, 3.8) is 0 Å². The van der Waals surface area contributed by atoms with Gasteiger partial charge in [-0.25, -0.2) is 18.3 Å². The molecule has 140 valence electrons. The van der Waals surface area contributed by atoms with E-state index in [4.69, 9.17) is 0 Å². The lowest BCUT2D eigenvalue weighted by molar-refractivity contribution is -0.0880. The lowest BCUT2D eigenvalue weighted by atomic mass is 9.79. The molecule has 1 saturated carbocycles. The van der Waals surface area contributed by atoms with Gasteiger partial charge in [-0.1, -0.05) is 12.8 Å². The number of nitrogens with zero attached hydrogens (tertiary/aromatic N) is 4. The molecule has 2 aromatic rings. The van der Waals surface area contributed by atoms with E-state index in [1.165, 1.54) is 0 Å². The van der Waals surface area contributed by atoms with Crippen LogP contribution in [0.3, 0.4) is 0 Å². The van der Waals surface area contributed by atoms with Crippen LogP contribution in [0.15, 0.2) is 16.7 Å². The fraction of sp³-hybridized carbons (Fsp3) is 0.611. The van der Waals surface area contributed by atoms with Crippen LogP contribution in [0.1, 0.15) is 67.5 Å². The summed E-state index contributed by atoms with van der Waals surface area (Å²) in [5.74, 6) is -3.06. The van der Waals surface area contributed by atoms with Crippen LogP contribution in [-0.2, 0) is 0 Å². The summed E-state index contributed by atoms with van der Waals surface area (Å²) >= 11 is 3.31. The normalized spacial score (nSPS) is 23.7. The van der Waals surface area contributed by atoms with E-state index in [0.29, 0.717) is 28.2 Å². The molecular formula is C18H21BrF2N4O. The molecule has 1 amide bonds. The van der Waals surface area contributed by atoms with Crippen LogP contribution in [-0.4, -0.2) is 43.9 Å². The predicted octanol–water partition coefficient (Wildman–Crippen LogP) is 4.41. The van der Waals surface area contributed by atoms with E-state index in [9.17, 15) is 13.6 Å². The molecule has 3 heterocycles. The molecule has 5 nitrogen and oxygen atoms in total. The highest BCUT2D eigenvalue weighted by Crippen LogP contribution is 2.48. The molecule has 4 rings (SSSR count). The van der Waals surface area contributed by atoms with Gasteiger partial charge >= 0.3 is 0 Å². The van der Waals surface area contributed by atoms with Crippen molar-refractivity contribution in [3.05, 3.63) is 28.1 Å². The summed E-state index contributed by atoms with van der Waals surface area (Å²) in [5, 5.41) is 4.31. The number of alkyl halides is 2. The molecule has 8 heteroatoms. The first-order valence-electron chi connectivity index (χ1n) is 9.09. The van der Waals surface area contributed by atoms with E-state index in [1.54, 1.807) is 16.6 Å². The van der Waals surface area contributed by atoms with Gasteiger partial charge in [0.1, 0.15) is 10.3 Å². The highest BCUT2D eigenvalue weighted by Gasteiger charge is 2.47. The van der Waals surface area contributed by atoms with E-state index in [0.717, 1.165) is 25.7 Å². The molecule has 0 radical (unpaired) electrons. The fourth-order valence-corrected chi connectivity index (χ4v) is 4.33. The number of rotatable bonds is 2. The summed E-state index contributed by atoms with van der Waals surface area (Å²) in [6, 6.07) is 3.53. The Morgan fingerprint density at radius 3 is 2.77 bits per heavy atom. The lowest BCUT2D eigenvalue weighted by Gasteiger charge is -2.35. The molecule has 2 aromatic heterocycles. The maximum absolute atomic E-state index is 13.4. The van der Waals surface area contributed by atoms with Gasteiger partial charge in [0.2, 0.25) is 5.92 Å². The van der Waals surface area contributed by atoms with Crippen LogP contribution in [0.5, 0.6) is 0 Å². The Labute approximate surface area is 158 Å². The van der Waals surface area contributed by atoms with Crippen LogP contribution in [0, 0.1) is 0 Å². The summed E-state index contributed by atoms with van der Waals surface area (Å²) in [6.45, 7) is 2.78. The molecule has 0 N–H and O–H groups in total. The number of halogens is 3. The molecule has 26 heavy (non-hydrogen) atoms. The molecule has 2 aliphatic rings. The number of carbonyl (C=O) groups excluding carboxylic acids is 1. The zero-order valence-corrected chi connectivity index (χ0v) is 16.2. The zero-order chi connectivity index (χ0) is 18.5. The Kier molecular flexibility index (Phi) is 4.49. The number of hydrogen-bond acceptors (Lipinski definition) is 3. The van der Waals surface area contributed by atoms with Gasteiger partial charge in [0, 0.05) is 37.4 Å². The minimum absolute atomic E-state index is 0.119. The summed E-state index contributed by atoms with van der Waals surface area (Å²) in [4.78, 5) is 19.4. The van der Waals surface area contributed by atoms with E-state index in [1.807, 2.05) is 4.90 Å². The van der Waals surface area contributed by atoms with Crippen molar-refractivity contribution in [2.45, 2.75) is 63.3 Å². The number of likely N-dealkylation sites (tertiary alicyclic amines) is 1. The van der Waals surface area contributed by atoms with Crippen molar-refractivity contribution in [1.29, 1.82) is 0 Å². The maximum Gasteiger partial charge on any atom is 0.272 e. The van der Waals surface area contributed by atoms with Crippen molar-refractivity contribution in [2.75, 3.05) is 6.54 Å². The molecule has 2 fully saturated rings. The number of aromatic nitrogens is 3.